The molecule has 4 aromatic rings. The second-order valence-corrected chi connectivity index (χ2v) is 6.82. The fraction of sp³-hybridized carbons (Fsp3) is 0.0800. The van der Waals surface area contributed by atoms with E-state index in [1.165, 1.54) is 0 Å². The summed E-state index contributed by atoms with van der Waals surface area (Å²) in [5.74, 6) is -0.177. The van der Waals surface area contributed by atoms with Gasteiger partial charge in [-0.1, -0.05) is 48.5 Å². The zero-order valence-corrected chi connectivity index (χ0v) is 16.2. The lowest BCUT2D eigenvalue weighted by atomic mass is 10.0. The van der Waals surface area contributed by atoms with Crippen LogP contribution < -0.4 is 5.43 Å². The first kappa shape index (κ1) is 19.2. The predicted molar refractivity (Wildman–Crippen MR) is 113 cm³/mol. The second kappa shape index (κ2) is 8.06. The van der Waals surface area contributed by atoms with Crippen LogP contribution in [-0.4, -0.2) is 5.97 Å². The van der Waals surface area contributed by atoms with Crippen molar-refractivity contribution in [3.05, 3.63) is 105 Å². The number of benzene rings is 3. The van der Waals surface area contributed by atoms with Gasteiger partial charge in [0.1, 0.15) is 17.9 Å². The predicted octanol–water partition coefficient (Wildman–Crippen LogP) is 5.00. The van der Waals surface area contributed by atoms with Crippen LogP contribution >= 0.6 is 0 Å². The van der Waals surface area contributed by atoms with Gasteiger partial charge in [-0.2, -0.15) is 5.26 Å². The standard InChI is InChI=1S/C25H17NO4/c1-16-22(27)20-11-6-12-21(24(20)30-23(16)19-9-3-2-4-10-19)25(28)29-15-18-8-5-7-17(13-18)14-26/h2-13H,15H2,1H3. The number of nitriles is 1. The highest BCUT2D eigenvalue weighted by Crippen LogP contribution is 2.27. The van der Waals surface area contributed by atoms with E-state index in [9.17, 15) is 9.59 Å². The van der Waals surface area contributed by atoms with Crippen molar-refractivity contribution in [2.75, 3.05) is 0 Å². The highest BCUT2D eigenvalue weighted by atomic mass is 16.5. The Hall–Kier alpha value is -4.17. The molecule has 146 valence electrons. The number of carbonyl (C=O) groups excluding carboxylic acids is 1. The van der Waals surface area contributed by atoms with Gasteiger partial charge in [0, 0.05) is 11.1 Å². The van der Waals surface area contributed by atoms with E-state index >= 15 is 0 Å². The smallest absolute Gasteiger partial charge is 0.342 e. The highest BCUT2D eigenvalue weighted by molar-refractivity contribution is 6.02. The number of rotatable bonds is 4. The van der Waals surface area contributed by atoms with Crippen LogP contribution in [0.3, 0.4) is 0 Å². The van der Waals surface area contributed by atoms with Crippen LogP contribution in [0.25, 0.3) is 22.3 Å². The van der Waals surface area contributed by atoms with E-state index in [1.54, 1.807) is 49.4 Å². The number of esters is 1. The van der Waals surface area contributed by atoms with Crippen molar-refractivity contribution < 1.29 is 13.9 Å². The maximum Gasteiger partial charge on any atom is 0.342 e. The van der Waals surface area contributed by atoms with Gasteiger partial charge in [0.15, 0.2) is 11.0 Å². The molecular formula is C25H17NO4. The molecule has 1 heterocycles. The summed E-state index contributed by atoms with van der Waals surface area (Å²) in [5.41, 5.74) is 2.61. The van der Waals surface area contributed by atoms with E-state index in [0.29, 0.717) is 27.8 Å². The fourth-order valence-electron chi connectivity index (χ4n) is 3.29. The maximum atomic E-state index is 12.9. The van der Waals surface area contributed by atoms with Crippen molar-refractivity contribution in [3.63, 3.8) is 0 Å². The molecule has 0 aliphatic heterocycles. The van der Waals surface area contributed by atoms with Crippen LogP contribution in [0.15, 0.2) is 82.0 Å². The molecule has 1 aromatic heterocycles. The first-order chi connectivity index (χ1) is 14.6. The monoisotopic (exact) mass is 395 g/mol. The number of fused-ring (bicyclic) bond motifs is 1. The molecule has 0 unspecified atom stereocenters. The number of nitrogens with zero attached hydrogens (tertiary/aromatic N) is 1. The Balaban J connectivity index is 1.73. The first-order valence-corrected chi connectivity index (χ1v) is 9.36. The Labute approximate surface area is 172 Å². The van der Waals surface area contributed by atoms with Gasteiger partial charge >= 0.3 is 5.97 Å². The van der Waals surface area contributed by atoms with Gasteiger partial charge in [-0.05, 0) is 36.8 Å². The summed E-state index contributed by atoms with van der Waals surface area (Å²) in [7, 11) is 0. The Morgan fingerprint density at radius 3 is 2.57 bits per heavy atom. The molecule has 30 heavy (non-hydrogen) atoms. The molecule has 0 aliphatic rings. The molecule has 0 saturated carbocycles. The van der Waals surface area contributed by atoms with Crippen molar-refractivity contribution in [3.8, 4) is 17.4 Å². The molecular weight excluding hydrogens is 378 g/mol. The molecule has 0 radical (unpaired) electrons. The van der Waals surface area contributed by atoms with Gasteiger partial charge in [-0.25, -0.2) is 4.79 Å². The number of para-hydroxylation sites is 1. The van der Waals surface area contributed by atoms with Crippen molar-refractivity contribution in [2.24, 2.45) is 0 Å². The summed E-state index contributed by atoms with van der Waals surface area (Å²) in [4.78, 5) is 25.7. The van der Waals surface area contributed by atoms with E-state index < -0.39 is 5.97 Å². The Kier molecular flexibility index (Phi) is 5.15. The Bertz CT molecular complexity index is 1350. The van der Waals surface area contributed by atoms with Gasteiger partial charge in [0.2, 0.25) is 0 Å². The quantitative estimate of drug-likeness (QED) is 0.455. The lowest BCUT2D eigenvalue weighted by Crippen LogP contribution is -2.11. The van der Waals surface area contributed by atoms with Crippen LogP contribution in [0.4, 0.5) is 0 Å². The average Bonchev–Trinajstić information content (AvgIpc) is 2.80. The topological polar surface area (TPSA) is 80.3 Å². The molecule has 0 aliphatic carbocycles. The van der Waals surface area contributed by atoms with Crippen LogP contribution in [-0.2, 0) is 11.3 Å². The summed E-state index contributed by atoms with van der Waals surface area (Å²) in [6.07, 6.45) is 0. The van der Waals surface area contributed by atoms with Crippen LogP contribution in [0, 0.1) is 18.3 Å². The zero-order chi connectivity index (χ0) is 21.1. The maximum absolute atomic E-state index is 12.9. The lowest BCUT2D eigenvalue weighted by molar-refractivity contribution is 0.0473. The summed E-state index contributed by atoms with van der Waals surface area (Å²) in [5, 5.41) is 9.33. The van der Waals surface area contributed by atoms with Gasteiger partial charge in [-0.3, -0.25) is 4.79 Å². The molecule has 0 spiro atoms. The number of hydrogen-bond acceptors (Lipinski definition) is 5. The van der Waals surface area contributed by atoms with E-state index in [2.05, 4.69) is 6.07 Å². The summed E-state index contributed by atoms with van der Waals surface area (Å²) < 4.78 is 11.5. The lowest BCUT2D eigenvalue weighted by Gasteiger charge is -2.10. The molecule has 0 N–H and O–H groups in total. The largest absolute Gasteiger partial charge is 0.457 e. The minimum absolute atomic E-state index is 0.00633. The van der Waals surface area contributed by atoms with Gasteiger partial charge in [0.05, 0.1) is 17.0 Å². The summed E-state index contributed by atoms with van der Waals surface area (Å²) >= 11 is 0. The third kappa shape index (κ3) is 3.59. The summed E-state index contributed by atoms with van der Waals surface area (Å²) in [6.45, 7) is 1.72. The first-order valence-electron chi connectivity index (χ1n) is 9.36. The van der Waals surface area contributed by atoms with E-state index in [4.69, 9.17) is 14.4 Å². The molecule has 5 nitrogen and oxygen atoms in total. The fourth-order valence-corrected chi connectivity index (χ4v) is 3.29. The van der Waals surface area contributed by atoms with Crippen LogP contribution in [0.5, 0.6) is 0 Å². The normalized spacial score (nSPS) is 10.5. The summed E-state index contributed by atoms with van der Waals surface area (Å²) in [6, 6.07) is 23.0. The molecule has 5 heteroatoms. The molecule has 3 aromatic carbocycles. The SMILES string of the molecule is Cc1c(-c2ccccc2)oc2c(C(=O)OCc3cccc(C#N)c3)cccc2c1=O. The van der Waals surface area contributed by atoms with Crippen LogP contribution in [0.1, 0.15) is 27.0 Å². The van der Waals surface area contributed by atoms with Gasteiger partial charge in [-0.15, -0.1) is 0 Å². The Morgan fingerprint density at radius 2 is 1.80 bits per heavy atom. The van der Waals surface area contributed by atoms with Gasteiger partial charge in [0.25, 0.3) is 0 Å². The molecule has 0 fully saturated rings. The number of ether oxygens (including phenoxy) is 1. The van der Waals surface area contributed by atoms with E-state index in [-0.39, 0.29) is 23.2 Å². The molecule has 0 saturated heterocycles. The van der Waals surface area contributed by atoms with E-state index in [1.807, 2.05) is 30.3 Å². The minimum atomic E-state index is -0.603. The van der Waals surface area contributed by atoms with Crippen LogP contribution in [0.2, 0.25) is 0 Å². The van der Waals surface area contributed by atoms with Crippen molar-refractivity contribution >= 4 is 16.9 Å². The Morgan fingerprint density at radius 1 is 1.03 bits per heavy atom. The van der Waals surface area contributed by atoms with E-state index in [0.717, 1.165) is 5.56 Å². The van der Waals surface area contributed by atoms with Gasteiger partial charge < -0.3 is 9.15 Å². The number of carbonyl (C=O) groups is 1. The third-order valence-electron chi connectivity index (χ3n) is 4.83. The number of hydrogen-bond donors (Lipinski definition) is 0. The molecule has 4 rings (SSSR count). The third-order valence-corrected chi connectivity index (χ3v) is 4.83. The van der Waals surface area contributed by atoms with Crippen molar-refractivity contribution in [2.45, 2.75) is 13.5 Å². The highest BCUT2D eigenvalue weighted by Gasteiger charge is 2.19. The molecule has 0 amide bonds. The second-order valence-electron chi connectivity index (χ2n) is 6.82. The molecule has 0 bridgehead atoms. The minimum Gasteiger partial charge on any atom is -0.457 e. The zero-order valence-electron chi connectivity index (χ0n) is 16.2. The molecule has 0 atom stereocenters. The van der Waals surface area contributed by atoms with Crippen molar-refractivity contribution in [1.29, 1.82) is 5.26 Å². The average molecular weight is 395 g/mol. The van der Waals surface area contributed by atoms with Crippen molar-refractivity contribution in [1.82, 2.24) is 0 Å².